The number of aliphatic carboxylic acids is 1. The fraction of sp³-hybridized carbons (Fsp3) is 0.818. The van der Waals surface area contributed by atoms with Gasteiger partial charge in [0, 0.05) is 19.6 Å². The van der Waals surface area contributed by atoms with Crippen molar-refractivity contribution in [3.05, 3.63) is 0 Å². The highest BCUT2D eigenvalue weighted by molar-refractivity contribution is 7.88. The van der Waals surface area contributed by atoms with Gasteiger partial charge in [0.25, 0.3) is 0 Å². The van der Waals surface area contributed by atoms with Crippen LogP contribution in [0.2, 0.25) is 0 Å². The van der Waals surface area contributed by atoms with Gasteiger partial charge in [-0.25, -0.2) is 22.7 Å². The molecule has 1 aliphatic heterocycles. The van der Waals surface area contributed by atoms with Gasteiger partial charge in [0.15, 0.2) is 0 Å². The number of carbonyl (C=O) groups is 2. The number of carboxylic acids is 1. The maximum absolute atomic E-state index is 11.9. The van der Waals surface area contributed by atoms with Crippen LogP contribution in [-0.2, 0) is 14.8 Å². The first-order chi connectivity index (χ1) is 9.31. The van der Waals surface area contributed by atoms with E-state index < -0.39 is 28.1 Å². The van der Waals surface area contributed by atoms with E-state index in [4.69, 9.17) is 5.11 Å². The molecule has 0 radical (unpaired) electrons. The molecule has 8 nitrogen and oxygen atoms in total. The average Bonchev–Trinajstić information content (AvgIpc) is 2.36. The number of likely N-dealkylation sites (tertiary alicyclic amines) is 1. The molecule has 1 rings (SSSR count). The standard InChI is InChI=1S/C11H21N3O5S/c1-20(18,19)13-7-4-6-12-11(17)14-8-3-2-5-9(14)10(15)16/h9,13H,2-8H2,1H3,(H,12,17)(H,15,16). The Morgan fingerprint density at radius 2 is 2.00 bits per heavy atom. The maximum atomic E-state index is 11.9. The molecule has 1 aliphatic rings. The first-order valence-electron chi connectivity index (χ1n) is 6.53. The average molecular weight is 307 g/mol. The Morgan fingerprint density at radius 3 is 2.60 bits per heavy atom. The van der Waals surface area contributed by atoms with E-state index in [-0.39, 0.29) is 6.54 Å². The summed E-state index contributed by atoms with van der Waals surface area (Å²) in [6.45, 7) is 0.968. The lowest BCUT2D eigenvalue weighted by Gasteiger charge is -2.32. The van der Waals surface area contributed by atoms with Crippen LogP contribution < -0.4 is 10.0 Å². The maximum Gasteiger partial charge on any atom is 0.326 e. The Labute approximate surface area is 118 Å². The smallest absolute Gasteiger partial charge is 0.326 e. The van der Waals surface area contributed by atoms with E-state index >= 15 is 0 Å². The first-order valence-corrected chi connectivity index (χ1v) is 8.42. The molecule has 0 saturated carbocycles. The lowest BCUT2D eigenvalue weighted by molar-refractivity contribution is -0.143. The van der Waals surface area contributed by atoms with Crippen molar-refractivity contribution in [2.75, 3.05) is 25.9 Å². The Bertz CT molecular complexity index is 451. The van der Waals surface area contributed by atoms with E-state index in [0.29, 0.717) is 25.9 Å². The van der Waals surface area contributed by atoms with Gasteiger partial charge in [-0.05, 0) is 25.7 Å². The zero-order valence-electron chi connectivity index (χ0n) is 11.5. The number of carboxylic acid groups (broad SMARTS) is 1. The molecule has 20 heavy (non-hydrogen) atoms. The summed E-state index contributed by atoms with van der Waals surface area (Å²) in [6.07, 6.45) is 3.59. The summed E-state index contributed by atoms with van der Waals surface area (Å²) in [7, 11) is -3.22. The quantitative estimate of drug-likeness (QED) is 0.576. The van der Waals surface area contributed by atoms with Crippen molar-refractivity contribution in [1.29, 1.82) is 0 Å². The molecular weight excluding hydrogens is 286 g/mol. The molecule has 1 unspecified atom stereocenters. The molecule has 2 amide bonds. The van der Waals surface area contributed by atoms with Crippen LogP contribution in [0.15, 0.2) is 0 Å². The van der Waals surface area contributed by atoms with Gasteiger partial charge in [0.1, 0.15) is 6.04 Å². The molecule has 0 aromatic heterocycles. The Hall–Kier alpha value is -1.35. The van der Waals surface area contributed by atoms with E-state index in [9.17, 15) is 18.0 Å². The molecule has 0 aromatic carbocycles. The molecule has 1 heterocycles. The molecule has 1 fully saturated rings. The highest BCUT2D eigenvalue weighted by Crippen LogP contribution is 2.17. The second-order valence-electron chi connectivity index (χ2n) is 4.80. The molecule has 9 heteroatoms. The largest absolute Gasteiger partial charge is 0.480 e. The molecule has 0 bridgehead atoms. The summed E-state index contributed by atoms with van der Waals surface area (Å²) in [6, 6.07) is -1.17. The summed E-state index contributed by atoms with van der Waals surface area (Å²) in [5.41, 5.74) is 0. The van der Waals surface area contributed by atoms with Crippen molar-refractivity contribution in [2.24, 2.45) is 0 Å². The number of nitrogens with one attached hydrogen (secondary N) is 2. The van der Waals surface area contributed by atoms with E-state index in [0.717, 1.165) is 19.1 Å². The number of rotatable bonds is 6. The minimum absolute atomic E-state index is 0.238. The number of hydrogen-bond acceptors (Lipinski definition) is 4. The number of nitrogens with zero attached hydrogens (tertiary/aromatic N) is 1. The van der Waals surface area contributed by atoms with Crippen LogP contribution in [0.1, 0.15) is 25.7 Å². The SMILES string of the molecule is CS(=O)(=O)NCCCNC(=O)N1CCCCC1C(=O)O. The molecule has 1 atom stereocenters. The molecule has 0 spiro atoms. The summed E-state index contributed by atoms with van der Waals surface area (Å²) in [4.78, 5) is 24.3. The number of carbonyl (C=O) groups excluding carboxylic acids is 1. The Balaban J connectivity index is 2.32. The van der Waals surface area contributed by atoms with Crippen molar-refractivity contribution in [3.8, 4) is 0 Å². The van der Waals surface area contributed by atoms with Gasteiger partial charge in [-0.3, -0.25) is 0 Å². The second-order valence-corrected chi connectivity index (χ2v) is 6.63. The topological polar surface area (TPSA) is 116 Å². The van der Waals surface area contributed by atoms with Gasteiger partial charge in [0.2, 0.25) is 10.0 Å². The fourth-order valence-corrected chi connectivity index (χ4v) is 2.59. The van der Waals surface area contributed by atoms with Gasteiger partial charge in [-0.1, -0.05) is 0 Å². The fourth-order valence-electron chi connectivity index (χ4n) is 2.07. The number of hydrogen-bond donors (Lipinski definition) is 3. The first kappa shape index (κ1) is 16.7. The highest BCUT2D eigenvalue weighted by Gasteiger charge is 2.31. The molecule has 3 N–H and O–H groups in total. The minimum atomic E-state index is -3.22. The van der Waals surface area contributed by atoms with Crippen LogP contribution in [-0.4, -0.2) is 62.4 Å². The van der Waals surface area contributed by atoms with E-state index in [1.54, 1.807) is 0 Å². The van der Waals surface area contributed by atoms with Crippen LogP contribution in [0.5, 0.6) is 0 Å². The number of sulfonamides is 1. The number of piperidine rings is 1. The Kier molecular flexibility index (Phi) is 6.21. The third kappa shape index (κ3) is 5.74. The normalized spacial score (nSPS) is 19.6. The summed E-state index contributed by atoms with van der Waals surface area (Å²) < 4.78 is 24.0. The van der Waals surface area contributed by atoms with Gasteiger partial charge in [-0.15, -0.1) is 0 Å². The van der Waals surface area contributed by atoms with Crippen LogP contribution in [0.25, 0.3) is 0 Å². The van der Waals surface area contributed by atoms with Gasteiger partial charge in [-0.2, -0.15) is 0 Å². The van der Waals surface area contributed by atoms with Crippen molar-refractivity contribution in [2.45, 2.75) is 31.7 Å². The van der Waals surface area contributed by atoms with Crippen molar-refractivity contribution in [1.82, 2.24) is 14.9 Å². The predicted molar refractivity (Wildman–Crippen MR) is 72.8 cm³/mol. The van der Waals surface area contributed by atoms with E-state index in [1.165, 1.54) is 4.90 Å². The molecule has 0 aromatic rings. The zero-order valence-corrected chi connectivity index (χ0v) is 12.3. The van der Waals surface area contributed by atoms with E-state index in [1.807, 2.05) is 0 Å². The lowest BCUT2D eigenvalue weighted by atomic mass is 10.0. The number of amides is 2. The second kappa shape index (κ2) is 7.44. The zero-order chi connectivity index (χ0) is 15.2. The van der Waals surface area contributed by atoms with Crippen LogP contribution in [0, 0.1) is 0 Å². The monoisotopic (exact) mass is 307 g/mol. The molecular formula is C11H21N3O5S. The van der Waals surface area contributed by atoms with Crippen LogP contribution in [0.3, 0.4) is 0 Å². The van der Waals surface area contributed by atoms with Crippen LogP contribution >= 0.6 is 0 Å². The van der Waals surface area contributed by atoms with Gasteiger partial charge in [0.05, 0.1) is 6.26 Å². The Morgan fingerprint density at radius 1 is 1.30 bits per heavy atom. The van der Waals surface area contributed by atoms with Crippen LogP contribution in [0.4, 0.5) is 4.79 Å². The highest BCUT2D eigenvalue weighted by atomic mass is 32.2. The van der Waals surface area contributed by atoms with Crippen molar-refractivity contribution < 1.29 is 23.1 Å². The minimum Gasteiger partial charge on any atom is -0.480 e. The summed E-state index contributed by atoms with van der Waals surface area (Å²) in [5, 5.41) is 11.7. The molecule has 116 valence electrons. The third-order valence-corrected chi connectivity index (χ3v) is 3.77. The summed E-state index contributed by atoms with van der Waals surface area (Å²) >= 11 is 0. The van der Waals surface area contributed by atoms with Gasteiger partial charge >= 0.3 is 12.0 Å². The van der Waals surface area contributed by atoms with Crippen molar-refractivity contribution in [3.63, 3.8) is 0 Å². The van der Waals surface area contributed by atoms with Gasteiger partial charge < -0.3 is 15.3 Å². The third-order valence-electron chi connectivity index (χ3n) is 3.04. The molecule has 1 saturated heterocycles. The van der Waals surface area contributed by atoms with E-state index in [2.05, 4.69) is 10.0 Å². The lowest BCUT2D eigenvalue weighted by Crippen LogP contribution is -2.52. The molecule has 0 aliphatic carbocycles. The predicted octanol–water partition coefficient (Wildman–Crippen LogP) is -0.426. The summed E-state index contributed by atoms with van der Waals surface area (Å²) in [5.74, 6) is -0.987. The van der Waals surface area contributed by atoms with Crippen molar-refractivity contribution >= 4 is 22.0 Å². The number of urea groups is 1.